The zero-order valence-electron chi connectivity index (χ0n) is 25.9. The Morgan fingerprint density at radius 1 is 0.822 bits per heavy atom. The molecule has 0 aliphatic heterocycles. The lowest BCUT2D eigenvalue weighted by Gasteiger charge is -2.34. The topological polar surface area (TPSA) is 86.8 Å². The Bertz CT molecular complexity index is 1700. The molecule has 0 aromatic heterocycles. The number of hydrogen-bond acceptors (Lipinski definition) is 4. The SMILES string of the molecule is CCCCNC(=O)[C@@H](Cc1ccccc1)N(Cc1cccc(Cl)c1)C(=O)CN(c1ccc(C)c(C)c1)S(=O)(=O)c1ccccc1. The summed E-state index contributed by atoms with van der Waals surface area (Å²) >= 11 is 6.31. The molecule has 236 valence electrons. The number of aryl methyl sites for hydroxylation is 2. The maximum Gasteiger partial charge on any atom is 0.264 e. The highest BCUT2D eigenvalue weighted by atomic mass is 35.5. The molecule has 0 aliphatic rings. The lowest BCUT2D eigenvalue weighted by atomic mass is 10.0. The number of hydrogen-bond donors (Lipinski definition) is 1. The number of sulfonamides is 1. The van der Waals surface area contributed by atoms with Gasteiger partial charge in [-0.15, -0.1) is 0 Å². The van der Waals surface area contributed by atoms with Crippen LogP contribution >= 0.6 is 11.6 Å². The third kappa shape index (κ3) is 8.96. The highest BCUT2D eigenvalue weighted by Gasteiger charge is 2.34. The van der Waals surface area contributed by atoms with Crippen molar-refractivity contribution >= 4 is 39.1 Å². The molecule has 0 spiro atoms. The Morgan fingerprint density at radius 3 is 2.13 bits per heavy atom. The number of nitrogens with zero attached hydrogens (tertiary/aromatic N) is 2. The highest BCUT2D eigenvalue weighted by molar-refractivity contribution is 7.92. The zero-order chi connectivity index (χ0) is 32.4. The van der Waals surface area contributed by atoms with Crippen LogP contribution in [0.4, 0.5) is 5.69 Å². The Kier molecular flexibility index (Phi) is 11.8. The van der Waals surface area contributed by atoms with Gasteiger partial charge in [0.15, 0.2) is 0 Å². The summed E-state index contributed by atoms with van der Waals surface area (Å²) in [6.45, 7) is 5.90. The molecular formula is C36H40ClN3O4S. The fourth-order valence-electron chi connectivity index (χ4n) is 5.02. The average molecular weight is 646 g/mol. The molecule has 4 aromatic carbocycles. The molecule has 0 saturated carbocycles. The molecule has 0 heterocycles. The van der Waals surface area contributed by atoms with E-state index in [1.807, 2.05) is 63.2 Å². The van der Waals surface area contributed by atoms with Crippen molar-refractivity contribution in [1.29, 1.82) is 0 Å². The lowest BCUT2D eigenvalue weighted by Crippen LogP contribution is -2.53. The Morgan fingerprint density at radius 2 is 1.49 bits per heavy atom. The first-order valence-corrected chi connectivity index (χ1v) is 16.9. The predicted molar refractivity (Wildman–Crippen MR) is 181 cm³/mol. The van der Waals surface area contributed by atoms with Crippen LogP contribution in [0, 0.1) is 13.8 Å². The second-order valence-corrected chi connectivity index (χ2v) is 13.4. The summed E-state index contributed by atoms with van der Waals surface area (Å²) in [5.74, 6) is -0.814. The van der Waals surface area contributed by atoms with Crippen LogP contribution in [0.2, 0.25) is 5.02 Å². The molecule has 1 atom stereocenters. The minimum absolute atomic E-state index is 0.0598. The number of benzene rings is 4. The highest BCUT2D eigenvalue weighted by Crippen LogP contribution is 2.27. The molecule has 0 aliphatic carbocycles. The first-order chi connectivity index (χ1) is 21.6. The standard InChI is InChI=1S/C36H40ClN3O4S/c1-4-5-21-38-36(42)34(24-29-13-8-6-9-14-29)39(25-30-15-12-16-31(37)23-30)35(41)26-40(32-20-19-27(2)28(3)22-32)45(43,44)33-17-10-7-11-18-33/h6-20,22-23,34H,4-5,21,24-26H2,1-3H3,(H,38,42)/t34-/m1/s1. The van der Waals surface area contributed by atoms with Crippen LogP contribution < -0.4 is 9.62 Å². The minimum atomic E-state index is -4.15. The normalized spacial score (nSPS) is 11.9. The van der Waals surface area contributed by atoms with Crippen LogP contribution in [0.15, 0.2) is 108 Å². The molecule has 0 bridgehead atoms. The number of nitrogens with one attached hydrogen (secondary N) is 1. The van der Waals surface area contributed by atoms with E-state index in [1.54, 1.807) is 48.5 Å². The van der Waals surface area contributed by atoms with E-state index in [9.17, 15) is 18.0 Å². The summed E-state index contributed by atoms with van der Waals surface area (Å²) in [6, 6.07) is 29.1. The largest absolute Gasteiger partial charge is 0.354 e. The molecule has 1 N–H and O–H groups in total. The lowest BCUT2D eigenvalue weighted by molar-refractivity contribution is -0.140. The Hall–Kier alpha value is -4.14. The van der Waals surface area contributed by atoms with Crippen molar-refractivity contribution in [2.75, 3.05) is 17.4 Å². The van der Waals surface area contributed by atoms with E-state index in [0.29, 0.717) is 17.3 Å². The molecule has 0 radical (unpaired) electrons. The van der Waals surface area contributed by atoms with Crippen LogP contribution in [0.3, 0.4) is 0 Å². The van der Waals surface area contributed by atoms with Crippen molar-refractivity contribution in [3.05, 3.63) is 130 Å². The van der Waals surface area contributed by atoms with Gasteiger partial charge in [0.2, 0.25) is 11.8 Å². The van der Waals surface area contributed by atoms with Crippen molar-refractivity contribution in [1.82, 2.24) is 10.2 Å². The molecule has 0 fully saturated rings. The molecule has 0 saturated heterocycles. The van der Waals surface area contributed by atoms with Gasteiger partial charge in [0.25, 0.3) is 10.0 Å². The predicted octanol–water partition coefficient (Wildman–Crippen LogP) is 6.71. The number of anilines is 1. The summed E-state index contributed by atoms with van der Waals surface area (Å²) < 4.78 is 29.4. The van der Waals surface area contributed by atoms with Crippen LogP contribution in [0.5, 0.6) is 0 Å². The third-order valence-corrected chi connectivity index (χ3v) is 9.75. The van der Waals surface area contributed by atoms with Crippen molar-refractivity contribution in [3.63, 3.8) is 0 Å². The number of amides is 2. The Balaban J connectivity index is 1.80. The van der Waals surface area contributed by atoms with E-state index < -0.39 is 28.5 Å². The number of carbonyl (C=O) groups is 2. The van der Waals surface area contributed by atoms with Crippen molar-refractivity contribution in [2.45, 2.75) is 57.5 Å². The van der Waals surface area contributed by atoms with Gasteiger partial charge in [-0.05, 0) is 78.9 Å². The smallest absolute Gasteiger partial charge is 0.264 e. The fourth-order valence-corrected chi connectivity index (χ4v) is 6.66. The molecule has 45 heavy (non-hydrogen) atoms. The van der Waals surface area contributed by atoms with Crippen molar-refractivity contribution < 1.29 is 18.0 Å². The van der Waals surface area contributed by atoms with Crippen LogP contribution in [0.1, 0.15) is 42.0 Å². The van der Waals surface area contributed by atoms with E-state index in [0.717, 1.165) is 39.4 Å². The monoisotopic (exact) mass is 645 g/mol. The maximum atomic E-state index is 14.5. The van der Waals surface area contributed by atoms with Gasteiger partial charge in [-0.3, -0.25) is 13.9 Å². The van der Waals surface area contributed by atoms with Gasteiger partial charge in [0.1, 0.15) is 12.6 Å². The van der Waals surface area contributed by atoms with Crippen molar-refractivity contribution in [2.24, 2.45) is 0 Å². The molecule has 0 unspecified atom stereocenters. The number of unbranched alkanes of at least 4 members (excludes halogenated alkanes) is 1. The number of halogens is 1. The molecule has 9 heteroatoms. The summed E-state index contributed by atoms with van der Waals surface area (Å²) in [4.78, 5) is 29.9. The van der Waals surface area contributed by atoms with Gasteiger partial charge in [0, 0.05) is 24.5 Å². The fraction of sp³-hybridized carbons (Fsp3) is 0.278. The molecule has 4 rings (SSSR count). The van der Waals surface area contributed by atoms with E-state index in [-0.39, 0.29) is 23.8 Å². The molecular weight excluding hydrogens is 606 g/mol. The van der Waals surface area contributed by atoms with Crippen LogP contribution in [-0.4, -0.2) is 44.3 Å². The van der Waals surface area contributed by atoms with Gasteiger partial charge in [-0.2, -0.15) is 0 Å². The summed E-state index contributed by atoms with van der Waals surface area (Å²) in [5, 5.41) is 3.50. The zero-order valence-corrected chi connectivity index (χ0v) is 27.5. The number of carbonyl (C=O) groups excluding carboxylic acids is 2. The van der Waals surface area contributed by atoms with E-state index in [2.05, 4.69) is 5.32 Å². The summed E-state index contributed by atoms with van der Waals surface area (Å²) in [7, 11) is -4.15. The quantitative estimate of drug-likeness (QED) is 0.155. The van der Waals surface area contributed by atoms with Gasteiger partial charge in [-0.25, -0.2) is 8.42 Å². The van der Waals surface area contributed by atoms with Gasteiger partial charge in [-0.1, -0.05) is 91.7 Å². The maximum absolute atomic E-state index is 14.5. The molecule has 7 nitrogen and oxygen atoms in total. The molecule has 4 aromatic rings. The second kappa shape index (κ2) is 15.7. The first-order valence-electron chi connectivity index (χ1n) is 15.1. The minimum Gasteiger partial charge on any atom is -0.354 e. The summed E-state index contributed by atoms with van der Waals surface area (Å²) in [6.07, 6.45) is 1.94. The van der Waals surface area contributed by atoms with Crippen molar-refractivity contribution in [3.8, 4) is 0 Å². The second-order valence-electron chi connectivity index (χ2n) is 11.1. The Labute approximate surface area is 271 Å². The first kappa shape index (κ1) is 33.7. The van der Waals surface area contributed by atoms with Crippen LogP contribution in [-0.2, 0) is 32.6 Å². The van der Waals surface area contributed by atoms with E-state index >= 15 is 0 Å². The third-order valence-electron chi connectivity index (χ3n) is 7.73. The van der Waals surface area contributed by atoms with E-state index in [1.165, 1.54) is 17.0 Å². The number of rotatable bonds is 14. The average Bonchev–Trinajstić information content (AvgIpc) is 3.03. The van der Waals surface area contributed by atoms with Gasteiger partial charge >= 0.3 is 0 Å². The van der Waals surface area contributed by atoms with E-state index in [4.69, 9.17) is 11.6 Å². The molecule has 2 amide bonds. The van der Waals surface area contributed by atoms with Gasteiger partial charge in [0.05, 0.1) is 10.6 Å². The summed E-state index contributed by atoms with van der Waals surface area (Å²) in [5.41, 5.74) is 3.85. The van der Waals surface area contributed by atoms with Crippen LogP contribution in [0.25, 0.3) is 0 Å². The van der Waals surface area contributed by atoms with Gasteiger partial charge < -0.3 is 10.2 Å².